The van der Waals surface area contributed by atoms with Gasteiger partial charge in [-0.05, 0) is 50.0 Å². The van der Waals surface area contributed by atoms with Crippen molar-refractivity contribution in [1.82, 2.24) is 5.32 Å². The van der Waals surface area contributed by atoms with E-state index in [0.29, 0.717) is 11.1 Å². The maximum atomic E-state index is 12.3. The molecule has 0 spiro atoms. The molecule has 0 bridgehead atoms. The Kier molecular flexibility index (Phi) is 10.9. The van der Waals surface area contributed by atoms with E-state index in [4.69, 9.17) is 15.9 Å². The van der Waals surface area contributed by atoms with E-state index in [9.17, 15) is 9.59 Å². The smallest absolute Gasteiger partial charge is 0.330 e. The van der Waals surface area contributed by atoms with Gasteiger partial charge in [0.05, 0.1) is 19.8 Å². The number of halogens is 1. The van der Waals surface area contributed by atoms with E-state index in [1.807, 2.05) is 0 Å². The van der Waals surface area contributed by atoms with Crippen molar-refractivity contribution < 1.29 is 24.5 Å². The Hall–Kier alpha value is -2.55. The Balaban J connectivity index is 0.00000729. The molecule has 0 fully saturated rings. The second-order valence-corrected chi connectivity index (χ2v) is 6.42. The van der Waals surface area contributed by atoms with E-state index < -0.39 is 29.6 Å². The summed E-state index contributed by atoms with van der Waals surface area (Å²) in [5, 5.41) is 20.4. The molecule has 0 aliphatic carbocycles. The number of ether oxygens (including phenoxy) is 1. The lowest BCUT2D eigenvalue weighted by molar-refractivity contribution is -0.144. The number of carbonyl (C=O) groups excluding carboxylic acids is 2. The Morgan fingerprint density at radius 1 is 1.25 bits per heavy atom. The van der Waals surface area contributed by atoms with E-state index >= 15 is 0 Å². The van der Waals surface area contributed by atoms with Gasteiger partial charge in [0.2, 0.25) is 0 Å². The number of amides is 1. The van der Waals surface area contributed by atoms with Crippen molar-refractivity contribution in [3.63, 3.8) is 0 Å². The lowest BCUT2D eigenvalue weighted by Crippen LogP contribution is -2.59. The molecule has 5 N–H and O–H groups in total. The van der Waals surface area contributed by atoms with Crippen LogP contribution in [0.4, 0.5) is 0 Å². The molecule has 8 heteroatoms. The van der Waals surface area contributed by atoms with Crippen molar-refractivity contribution in [1.29, 1.82) is 0 Å². The first-order valence-electron chi connectivity index (χ1n) is 8.24. The van der Waals surface area contributed by atoms with Gasteiger partial charge in [0, 0.05) is 23.1 Å². The van der Waals surface area contributed by atoms with Gasteiger partial charge >= 0.3 is 5.97 Å². The summed E-state index contributed by atoms with van der Waals surface area (Å²) in [5.74, 6) is 9.55. The third kappa shape index (κ3) is 8.43. The van der Waals surface area contributed by atoms with Gasteiger partial charge in [0.1, 0.15) is 6.04 Å². The second-order valence-electron chi connectivity index (χ2n) is 6.42. The summed E-state index contributed by atoms with van der Waals surface area (Å²) in [6.07, 6.45) is -0.729. The lowest BCUT2D eigenvalue weighted by atomic mass is 9.95. The van der Waals surface area contributed by atoms with Crippen molar-refractivity contribution in [2.24, 2.45) is 5.73 Å². The van der Waals surface area contributed by atoms with E-state index in [1.54, 1.807) is 38.1 Å². The highest BCUT2D eigenvalue weighted by Crippen LogP contribution is 2.10. The number of hydrogen-bond acceptors (Lipinski definition) is 6. The molecule has 28 heavy (non-hydrogen) atoms. The number of nitrogens with one attached hydrogen (secondary N) is 1. The largest absolute Gasteiger partial charge is 0.467 e. The average molecular weight is 409 g/mol. The predicted octanol–water partition coefficient (Wildman–Crippen LogP) is 0.215. The summed E-state index contributed by atoms with van der Waals surface area (Å²) in [4.78, 5) is 24.2. The van der Waals surface area contributed by atoms with Crippen LogP contribution in [0, 0.1) is 23.7 Å². The van der Waals surface area contributed by atoms with E-state index in [-0.39, 0.29) is 25.4 Å². The number of hydrogen-bond donors (Lipinski definition) is 4. The quantitative estimate of drug-likeness (QED) is 0.394. The first-order valence-corrected chi connectivity index (χ1v) is 8.24. The molecule has 0 aliphatic heterocycles. The Bertz CT molecular complexity index is 779. The fourth-order valence-electron chi connectivity index (χ4n) is 1.97. The van der Waals surface area contributed by atoms with Crippen LogP contribution in [0.2, 0.25) is 0 Å². The Morgan fingerprint density at radius 2 is 1.86 bits per heavy atom. The van der Waals surface area contributed by atoms with Crippen LogP contribution in [0.15, 0.2) is 24.3 Å². The maximum absolute atomic E-state index is 12.3. The van der Waals surface area contributed by atoms with E-state index in [1.165, 1.54) is 7.11 Å². The number of methoxy groups -OCH3 is 1. The van der Waals surface area contributed by atoms with Gasteiger partial charge in [0.25, 0.3) is 5.91 Å². The first kappa shape index (κ1) is 25.4. The average Bonchev–Trinajstić information content (AvgIpc) is 2.64. The number of rotatable bonds is 6. The molecular formula is C20H25ClN2O5. The van der Waals surface area contributed by atoms with Gasteiger partial charge in [-0.2, -0.15) is 0 Å². The van der Waals surface area contributed by atoms with Crippen LogP contribution < -0.4 is 11.1 Å². The summed E-state index contributed by atoms with van der Waals surface area (Å²) in [7, 11) is 1.23. The van der Waals surface area contributed by atoms with Gasteiger partial charge in [-0.15, -0.1) is 12.4 Å². The minimum atomic E-state index is -0.990. The highest BCUT2D eigenvalue weighted by atomic mass is 35.5. The third-order valence-electron chi connectivity index (χ3n) is 3.51. The zero-order valence-electron chi connectivity index (χ0n) is 16.0. The minimum Gasteiger partial charge on any atom is -0.467 e. The normalized spacial score (nSPS) is 12.1. The lowest BCUT2D eigenvalue weighted by Gasteiger charge is -2.28. The number of carbonyl (C=O) groups is 2. The van der Waals surface area contributed by atoms with E-state index in [0.717, 1.165) is 0 Å². The van der Waals surface area contributed by atoms with Crippen LogP contribution in [0.1, 0.15) is 36.2 Å². The molecule has 0 aliphatic rings. The van der Waals surface area contributed by atoms with E-state index in [2.05, 4.69) is 33.7 Å². The van der Waals surface area contributed by atoms with Crippen LogP contribution in [-0.2, 0) is 9.53 Å². The standard InChI is InChI=1S/C20H24N2O5.ClH/c1-20(2,21)17(19(26)27-3)22-18(25)15-11-9-14(10-12-15)7-5-4-6-8-16(24)13-23;/h9-12,16-17,23-24H,8,13,21H2,1-3H3,(H,22,25);1H/t16-,17+;/m0./s1. The molecule has 1 aromatic carbocycles. The van der Waals surface area contributed by atoms with Gasteiger partial charge in [-0.25, -0.2) is 4.79 Å². The van der Waals surface area contributed by atoms with Crippen LogP contribution in [0.3, 0.4) is 0 Å². The Morgan fingerprint density at radius 3 is 2.36 bits per heavy atom. The molecule has 7 nitrogen and oxygen atoms in total. The maximum Gasteiger partial charge on any atom is 0.330 e. The monoisotopic (exact) mass is 408 g/mol. The highest BCUT2D eigenvalue weighted by Gasteiger charge is 2.34. The number of aliphatic hydroxyl groups is 2. The van der Waals surface area contributed by atoms with Crippen LogP contribution in [-0.4, -0.2) is 53.5 Å². The fraction of sp³-hybridized carbons (Fsp3) is 0.400. The third-order valence-corrected chi connectivity index (χ3v) is 3.51. The molecule has 0 saturated heterocycles. The molecule has 1 aromatic rings. The fourth-order valence-corrected chi connectivity index (χ4v) is 1.97. The van der Waals surface area contributed by atoms with Gasteiger partial charge in [-0.3, -0.25) is 4.79 Å². The van der Waals surface area contributed by atoms with Crippen molar-refractivity contribution in [2.75, 3.05) is 13.7 Å². The Labute approximate surface area is 171 Å². The first-order chi connectivity index (χ1) is 12.7. The van der Waals surface area contributed by atoms with Crippen molar-refractivity contribution in [2.45, 2.75) is 38.0 Å². The molecule has 1 amide bonds. The molecule has 0 saturated carbocycles. The molecule has 0 aromatic heterocycles. The van der Waals surface area contributed by atoms with Crippen molar-refractivity contribution in [3.05, 3.63) is 35.4 Å². The molecule has 0 unspecified atom stereocenters. The summed E-state index contributed by atoms with van der Waals surface area (Å²) >= 11 is 0. The van der Waals surface area contributed by atoms with Crippen LogP contribution in [0.25, 0.3) is 0 Å². The zero-order chi connectivity index (χ0) is 20.4. The molecule has 0 heterocycles. The zero-order valence-corrected chi connectivity index (χ0v) is 16.8. The predicted molar refractivity (Wildman–Crippen MR) is 108 cm³/mol. The SMILES string of the molecule is COC(=O)[C@@H](NC(=O)c1ccc(C#CC#CC[C@H](O)CO)cc1)C(C)(C)N.Cl. The topological polar surface area (TPSA) is 122 Å². The number of aliphatic hydroxyl groups excluding tert-OH is 2. The number of nitrogens with two attached hydrogens (primary N) is 1. The molecule has 2 atom stereocenters. The number of benzene rings is 1. The second kappa shape index (κ2) is 12.0. The van der Waals surface area contributed by atoms with Crippen LogP contribution in [0.5, 0.6) is 0 Å². The summed E-state index contributed by atoms with van der Waals surface area (Å²) in [5.41, 5.74) is 5.94. The van der Waals surface area contributed by atoms with Gasteiger partial charge in [0.15, 0.2) is 0 Å². The van der Waals surface area contributed by atoms with Crippen LogP contribution >= 0.6 is 12.4 Å². The van der Waals surface area contributed by atoms with Gasteiger partial charge < -0.3 is 26.0 Å². The molecular weight excluding hydrogens is 384 g/mol. The van der Waals surface area contributed by atoms with Gasteiger partial charge in [-0.1, -0.05) is 11.8 Å². The summed E-state index contributed by atoms with van der Waals surface area (Å²) < 4.78 is 4.69. The van der Waals surface area contributed by atoms with Crippen molar-refractivity contribution in [3.8, 4) is 23.7 Å². The summed E-state index contributed by atoms with van der Waals surface area (Å²) in [6, 6.07) is 5.44. The van der Waals surface area contributed by atoms with Crippen molar-refractivity contribution >= 4 is 24.3 Å². The molecule has 1 rings (SSSR count). The summed E-state index contributed by atoms with van der Waals surface area (Å²) in [6.45, 7) is 2.89. The molecule has 152 valence electrons. The molecule has 0 radical (unpaired) electrons. The highest BCUT2D eigenvalue weighted by molar-refractivity contribution is 5.97. The minimum absolute atomic E-state index is 0. The number of esters is 1.